The molecule has 4 nitrogen and oxygen atoms in total. The Morgan fingerprint density at radius 3 is 2.93 bits per heavy atom. The molecular weight excluding hydrogens is 192 g/mol. The number of anilines is 1. The summed E-state index contributed by atoms with van der Waals surface area (Å²) >= 11 is 0. The summed E-state index contributed by atoms with van der Waals surface area (Å²) in [5, 5.41) is 0. The average molecular weight is 208 g/mol. The lowest BCUT2D eigenvalue weighted by molar-refractivity contribution is 0.0698. The van der Waals surface area contributed by atoms with Crippen molar-refractivity contribution in [2.75, 3.05) is 12.8 Å². The minimum atomic E-state index is -0.119. The number of hydrogen-bond donors (Lipinski definition) is 1. The lowest BCUT2D eigenvalue weighted by Gasteiger charge is -2.16. The van der Waals surface area contributed by atoms with E-state index in [-0.39, 0.29) is 11.5 Å². The van der Waals surface area contributed by atoms with Gasteiger partial charge in [0.15, 0.2) is 0 Å². The van der Waals surface area contributed by atoms with Gasteiger partial charge in [0.05, 0.1) is 11.8 Å². The highest BCUT2D eigenvalue weighted by Gasteiger charge is 2.31. The van der Waals surface area contributed by atoms with Gasteiger partial charge in [-0.15, -0.1) is 0 Å². The topological polar surface area (TPSA) is 57.2 Å². The highest BCUT2D eigenvalue weighted by molar-refractivity contribution is 5.33. The summed E-state index contributed by atoms with van der Waals surface area (Å²) < 4.78 is 7.33. The number of rotatable bonds is 4. The molecule has 1 saturated carbocycles. The zero-order chi connectivity index (χ0) is 10.8. The average Bonchev–Trinajstić information content (AvgIpc) is 3.03. The van der Waals surface area contributed by atoms with Gasteiger partial charge in [-0.3, -0.25) is 4.79 Å². The predicted octanol–water partition coefficient (Wildman–Crippen LogP) is 0.855. The van der Waals surface area contributed by atoms with Gasteiger partial charge in [-0.05, 0) is 18.8 Å². The number of aromatic nitrogens is 1. The standard InChI is InChI=1S/C11H16N2O2/c1-15-11(8-2-3-8)7-13-5-4-10(14)9(12)6-13/h4-6,8,11H,2-3,7,12H2,1H3. The first kappa shape index (κ1) is 10.2. The smallest absolute Gasteiger partial charge is 0.204 e. The maximum atomic E-state index is 11.1. The Hall–Kier alpha value is -1.29. The van der Waals surface area contributed by atoms with E-state index in [1.807, 2.05) is 4.57 Å². The van der Waals surface area contributed by atoms with Crippen LogP contribution in [0, 0.1) is 5.92 Å². The normalized spacial score (nSPS) is 17.7. The minimum Gasteiger partial charge on any atom is -0.394 e. The third-order valence-corrected chi connectivity index (χ3v) is 2.85. The zero-order valence-corrected chi connectivity index (χ0v) is 8.85. The van der Waals surface area contributed by atoms with Crippen molar-refractivity contribution in [3.8, 4) is 0 Å². The Kier molecular flexibility index (Phi) is 2.77. The summed E-state index contributed by atoms with van der Waals surface area (Å²) in [7, 11) is 1.73. The number of nitrogens with zero attached hydrogens (tertiary/aromatic N) is 1. The Balaban J connectivity index is 2.08. The fourth-order valence-electron chi connectivity index (χ4n) is 1.75. The molecule has 4 heteroatoms. The molecule has 15 heavy (non-hydrogen) atoms. The second-order valence-corrected chi connectivity index (χ2v) is 4.07. The molecule has 0 aliphatic heterocycles. The molecular formula is C11H16N2O2. The molecule has 1 aromatic heterocycles. The first-order chi connectivity index (χ1) is 7.20. The monoisotopic (exact) mass is 208 g/mol. The van der Waals surface area contributed by atoms with Crippen molar-refractivity contribution < 1.29 is 4.74 Å². The van der Waals surface area contributed by atoms with Crippen LogP contribution in [0.5, 0.6) is 0 Å². The second-order valence-electron chi connectivity index (χ2n) is 4.07. The summed E-state index contributed by atoms with van der Waals surface area (Å²) in [6.07, 6.45) is 6.17. The zero-order valence-electron chi connectivity index (χ0n) is 8.85. The van der Waals surface area contributed by atoms with Crippen LogP contribution in [0.4, 0.5) is 5.69 Å². The van der Waals surface area contributed by atoms with Crippen LogP contribution in [0.2, 0.25) is 0 Å². The van der Waals surface area contributed by atoms with Gasteiger partial charge in [-0.25, -0.2) is 0 Å². The SMILES string of the molecule is COC(Cn1ccc(=O)c(N)c1)C1CC1. The molecule has 0 spiro atoms. The maximum Gasteiger partial charge on any atom is 0.204 e. The molecule has 2 rings (SSSR count). The van der Waals surface area contributed by atoms with Crippen LogP contribution in [0.3, 0.4) is 0 Å². The van der Waals surface area contributed by atoms with E-state index < -0.39 is 0 Å². The van der Waals surface area contributed by atoms with E-state index in [1.54, 1.807) is 19.5 Å². The predicted molar refractivity (Wildman–Crippen MR) is 58.6 cm³/mol. The number of nitrogens with two attached hydrogens (primary N) is 1. The highest BCUT2D eigenvalue weighted by Crippen LogP contribution is 2.34. The molecule has 2 N–H and O–H groups in total. The van der Waals surface area contributed by atoms with Crippen LogP contribution in [0.1, 0.15) is 12.8 Å². The molecule has 0 bridgehead atoms. The lowest BCUT2D eigenvalue weighted by Crippen LogP contribution is -2.22. The lowest BCUT2D eigenvalue weighted by atomic mass is 10.2. The molecule has 1 aliphatic rings. The number of methoxy groups -OCH3 is 1. The van der Waals surface area contributed by atoms with Crippen molar-refractivity contribution in [1.29, 1.82) is 0 Å². The number of nitrogen functional groups attached to an aromatic ring is 1. The molecule has 0 radical (unpaired) electrons. The van der Waals surface area contributed by atoms with Gasteiger partial charge in [0.2, 0.25) is 5.43 Å². The first-order valence-electron chi connectivity index (χ1n) is 5.19. The molecule has 0 saturated heterocycles. The van der Waals surface area contributed by atoms with Crippen LogP contribution in [-0.2, 0) is 11.3 Å². The van der Waals surface area contributed by atoms with Gasteiger partial charge in [-0.1, -0.05) is 0 Å². The van der Waals surface area contributed by atoms with Gasteiger partial charge in [0, 0.05) is 32.1 Å². The molecule has 1 atom stereocenters. The van der Waals surface area contributed by atoms with Gasteiger partial charge in [0.1, 0.15) is 0 Å². The van der Waals surface area contributed by atoms with Crippen LogP contribution in [0.15, 0.2) is 23.3 Å². The van der Waals surface area contributed by atoms with E-state index in [1.165, 1.54) is 18.9 Å². The Morgan fingerprint density at radius 2 is 2.40 bits per heavy atom. The number of hydrogen-bond acceptors (Lipinski definition) is 3. The Labute approximate surface area is 88.7 Å². The third kappa shape index (κ3) is 2.39. The largest absolute Gasteiger partial charge is 0.394 e. The third-order valence-electron chi connectivity index (χ3n) is 2.85. The van der Waals surface area contributed by atoms with Gasteiger partial charge >= 0.3 is 0 Å². The molecule has 82 valence electrons. The first-order valence-corrected chi connectivity index (χ1v) is 5.19. The van der Waals surface area contributed by atoms with Crippen LogP contribution in [-0.4, -0.2) is 17.8 Å². The van der Waals surface area contributed by atoms with Crippen LogP contribution in [0.25, 0.3) is 0 Å². The van der Waals surface area contributed by atoms with E-state index in [2.05, 4.69) is 0 Å². The maximum absolute atomic E-state index is 11.1. The van der Waals surface area contributed by atoms with Gasteiger partial charge in [-0.2, -0.15) is 0 Å². The minimum absolute atomic E-state index is 0.119. The molecule has 0 amide bonds. The molecule has 1 fully saturated rings. The molecule has 1 aliphatic carbocycles. The van der Waals surface area contributed by atoms with Crippen LogP contribution < -0.4 is 11.2 Å². The fourth-order valence-corrected chi connectivity index (χ4v) is 1.75. The summed E-state index contributed by atoms with van der Waals surface area (Å²) in [5.74, 6) is 0.677. The summed E-state index contributed by atoms with van der Waals surface area (Å²) in [6.45, 7) is 0.769. The summed E-state index contributed by atoms with van der Waals surface area (Å²) in [4.78, 5) is 11.1. The van der Waals surface area contributed by atoms with Crippen molar-refractivity contribution in [1.82, 2.24) is 4.57 Å². The summed E-state index contributed by atoms with van der Waals surface area (Å²) in [6, 6.07) is 1.49. The van der Waals surface area contributed by atoms with Gasteiger partial charge in [0.25, 0.3) is 0 Å². The molecule has 1 heterocycles. The molecule has 1 aromatic rings. The summed E-state index contributed by atoms with van der Waals surface area (Å²) in [5.41, 5.74) is 5.73. The van der Waals surface area contributed by atoms with Crippen molar-refractivity contribution >= 4 is 5.69 Å². The van der Waals surface area contributed by atoms with Crippen molar-refractivity contribution in [3.63, 3.8) is 0 Å². The van der Waals surface area contributed by atoms with E-state index in [0.717, 1.165) is 6.54 Å². The van der Waals surface area contributed by atoms with Crippen molar-refractivity contribution in [3.05, 3.63) is 28.7 Å². The Bertz CT molecular complexity index is 396. The number of pyridine rings is 1. The van der Waals surface area contributed by atoms with Crippen molar-refractivity contribution in [2.24, 2.45) is 5.92 Å². The van der Waals surface area contributed by atoms with Crippen LogP contribution >= 0.6 is 0 Å². The Morgan fingerprint density at radius 1 is 1.67 bits per heavy atom. The van der Waals surface area contributed by atoms with Crippen molar-refractivity contribution in [2.45, 2.75) is 25.5 Å². The van der Waals surface area contributed by atoms with E-state index in [9.17, 15) is 4.79 Å². The van der Waals surface area contributed by atoms with E-state index >= 15 is 0 Å². The van der Waals surface area contributed by atoms with Gasteiger partial charge < -0.3 is 15.0 Å². The fraction of sp³-hybridized carbons (Fsp3) is 0.545. The number of ether oxygens (including phenoxy) is 1. The second kappa shape index (κ2) is 4.06. The molecule has 1 unspecified atom stereocenters. The van der Waals surface area contributed by atoms with E-state index in [0.29, 0.717) is 11.6 Å². The quantitative estimate of drug-likeness (QED) is 0.798. The molecule has 0 aromatic carbocycles. The van der Waals surface area contributed by atoms with E-state index in [4.69, 9.17) is 10.5 Å². The highest BCUT2D eigenvalue weighted by atomic mass is 16.5.